The molecule has 1 heterocycles. The first-order chi connectivity index (χ1) is 16.9. The average molecular weight is 509 g/mol. The Balaban J connectivity index is 1.68. The standard InChI is InChI=1S/C28H26Cl2N2O3/c1-3-17-34-24-11-6-20(7-12-24)27-19(2)31-26-15-10-23(30)18-21(26)5-4-16-32(27)28(33)35-25-13-8-22(29)9-14-25/h3,6-15,18,27,31H,1-2,4-5,16-17H2. The Bertz CT molecular complexity index is 1210. The second-order valence-electron chi connectivity index (χ2n) is 8.14. The molecule has 0 aliphatic carbocycles. The minimum Gasteiger partial charge on any atom is -0.490 e. The summed E-state index contributed by atoms with van der Waals surface area (Å²) >= 11 is 12.2. The molecule has 0 radical (unpaired) electrons. The molecule has 7 heteroatoms. The lowest BCUT2D eigenvalue weighted by atomic mass is 10.0. The highest BCUT2D eigenvalue weighted by atomic mass is 35.5. The average Bonchev–Trinajstić information content (AvgIpc) is 2.92. The number of aryl methyl sites for hydroxylation is 1. The molecule has 180 valence electrons. The molecule has 1 N–H and O–H groups in total. The largest absolute Gasteiger partial charge is 0.490 e. The van der Waals surface area contributed by atoms with E-state index in [1.54, 1.807) is 35.2 Å². The second kappa shape index (κ2) is 11.3. The highest BCUT2D eigenvalue weighted by molar-refractivity contribution is 6.31. The Morgan fingerprint density at radius 2 is 1.71 bits per heavy atom. The van der Waals surface area contributed by atoms with E-state index in [4.69, 9.17) is 32.7 Å². The minimum atomic E-state index is -0.482. The van der Waals surface area contributed by atoms with Crippen LogP contribution >= 0.6 is 23.2 Å². The number of halogens is 2. The Morgan fingerprint density at radius 1 is 1.03 bits per heavy atom. The number of amides is 1. The van der Waals surface area contributed by atoms with Gasteiger partial charge < -0.3 is 14.8 Å². The summed E-state index contributed by atoms with van der Waals surface area (Å²) < 4.78 is 11.3. The fourth-order valence-electron chi connectivity index (χ4n) is 4.03. The zero-order valence-corrected chi connectivity index (χ0v) is 20.7. The zero-order chi connectivity index (χ0) is 24.8. The first kappa shape index (κ1) is 24.7. The third-order valence-electron chi connectivity index (χ3n) is 5.67. The van der Waals surface area contributed by atoms with Crippen molar-refractivity contribution in [2.75, 3.05) is 18.5 Å². The van der Waals surface area contributed by atoms with E-state index in [1.807, 2.05) is 42.5 Å². The Labute approximate surface area is 215 Å². The molecule has 0 spiro atoms. The molecule has 1 unspecified atom stereocenters. The molecule has 1 amide bonds. The topological polar surface area (TPSA) is 50.8 Å². The molecule has 1 aliphatic heterocycles. The fourth-order valence-corrected chi connectivity index (χ4v) is 4.35. The molecular formula is C28H26Cl2N2O3. The van der Waals surface area contributed by atoms with Crippen molar-refractivity contribution in [3.63, 3.8) is 0 Å². The molecule has 4 rings (SSSR count). The van der Waals surface area contributed by atoms with E-state index >= 15 is 0 Å². The molecule has 3 aromatic rings. The van der Waals surface area contributed by atoms with Crippen LogP contribution in [-0.4, -0.2) is 24.1 Å². The lowest BCUT2D eigenvalue weighted by molar-refractivity contribution is 0.138. The van der Waals surface area contributed by atoms with Gasteiger partial charge in [-0.2, -0.15) is 0 Å². The van der Waals surface area contributed by atoms with Gasteiger partial charge in [0.2, 0.25) is 0 Å². The summed E-state index contributed by atoms with van der Waals surface area (Å²) in [6, 6.07) is 19.5. The number of anilines is 1. The van der Waals surface area contributed by atoms with Crippen LogP contribution in [0.1, 0.15) is 23.6 Å². The maximum absolute atomic E-state index is 13.4. The van der Waals surface area contributed by atoms with Gasteiger partial charge in [-0.05, 0) is 78.6 Å². The molecule has 0 saturated carbocycles. The molecule has 0 bridgehead atoms. The van der Waals surface area contributed by atoms with Crippen molar-refractivity contribution < 1.29 is 14.3 Å². The van der Waals surface area contributed by atoms with E-state index in [9.17, 15) is 4.79 Å². The molecule has 5 nitrogen and oxygen atoms in total. The zero-order valence-electron chi connectivity index (χ0n) is 19.2. The number of hydrogen-bond donors (Lipinski definition) is 1. The van der Waals surface area contributed by atoms with Gasteiger partial charge in [0.15, 0.2) is 0 Å². The summed E-state index contributed by atoms with van der Waals surface area (Å²) in [7, 11) is 0. The molecule has 0 fully saturated rings. The minimum absolute atomic E-state index is 0.413. The van der Waals surface area contributed by atoms with Crippen molar-refractivity contribution in [1.82, 2.24) is 4.90 Å². The highest BCUT2D eigenvalue weighted by Gasteiger charge is 2.30. The fraction of sp³-hybridized carbons (Fsp3) is 0.179. The summed E-state index contributed by atoms with van der Waals surface area (Å²) in [6.45, 7) is 8.85. The lowest BCUT2D eigenvalue weighted by Crippen LogP contribution is -2.39. The molecule has 3 aromatic carbocycles. The first-order valence-corrected chi connectivity index (χ1v) is 12.0. The van der Waals surface area contributed by atoms with Gasteiger partial charge in [-0.3, -0.25) is 4.90 Å². The first-order valence-electron chi connectivity index (χ1n) is 11.3. The van der Waals surface area contributed by atoms with Crippen molar-refractivity contribution in [2.45, 2.75) is 18.9 Å². The summed E-state index contributed by atoms with van der Waals surface area (Å²) in [5.74, 6) is 1.13. The van der Waals surface area contributed by atoms with Crippen LogP contribution < -0.4 is 14.8 Å². The van der Waals surface area contributed by atoms with Gasteiger partial charge in [-0.25, -0.2) is 4.79 Å². The van der Waals surface area contributed by atoms with Crippen LogP contribution in [0.4, 0.5) is 10.5 Å². The van der Waals surface area contributed by atoms with Crippen LogP contribution in [0.2, 0.25) is 10.0 Å². The van der Waals surface area contributed by atoms with Crippen molar-refractivity contribution in [1.29, 1.82) is 0 Å². The van der Waals surface area contributed by atoms with E-state index in [0.717, 1.165) is 29.7 Å². The quantitative estimate of drug-likeness (QED) is 0.359. The Morgan fingerprint density at radius 3 is 2.43 bits per heavy atom. The predicted molar refractivity (Wildman–Crippen MR) is 142 cm³/mol. The smallest absolute Gasteiger partial charge is 0.416 e. The van der Waals surface area contributed by atoms with Crippen molar-refractivity contribution >= 4 is 35.0 Å². The Hall–Kier alpha value is -3.41. The molecule has 1 aliphatic rings. The van der Waals surface area contributed by atoms with Crippen LogP contribution in [0.5, 0.6) is 11.5 Å². The number of benzene rings is 3. The van der Waals surface area contributed by atoms with Crippen LogP contribution in [-0.2, 0) is 6.42 Å². The van der Waals surface area contributed by atoms with Gasteiger partial charge in [0, 0.05) is 28.0 Å². The van der Waals surface area contributed by atoms with E-state index < -0.39 is 12.1 Å². The third kappa shape index (κ3) is 6.18. The maximum atomic E-state index is 13.4. The predicted octanol–water partition coefficient (Wildman–Crippen LogP) is 7.67. The van der Waals surface area contributed by atoms with E-state index in [2.05, 4.69) is 18.5 Å². The number of fused-ring (bicyclic) bond motifs is 1. The number of carbonyl (C=O) groups excluding carboxylic acids is 1. The highest BCUT2D eigenvalue weighted by Crippen LogP contribution is 2.34. The van der Waals surface area contributed by atoms with E-state index in [-0.39, 0.29) is 0 Å². The second-order valence-corrected chi connectivity index (χ2v) is 9.01. The van der Waals surface area contributed by atoms with Gasteiger partial charge in [-0.1, -0.05) is 54.6 Å². The summed E-state index contributed by atoms with van der Waals surface area (Å²) in [6.07, 6.45) is 2.67. The molecule has 1 atom stereocenters. The number of rotatable bonds is 5. The molecule has 0 saturated heterocycles. The Kier molecular flexibility index (Phi) is 8.01. The van der Waals surface area contributed by atoms with Crippen molar-refractivity contribution in [3.05, 3.63) is 113 Å². The third-order valence-corrected chi connectivity index (χ3v) is 6.15. The SMILES string of the molecule is C=CCOc1ccc(C2C(=C)Nc3ccc(Cl)cc3CCCN2C(=O)Oc2ccc(Cl)cc2)cc1. The van der Waals surface area contributed by atoms with Gasteiger partial charge in [0.25, 0.3) is 0 Å². The van der Waals surface area contributed by atoms with Crippen LogP contribution in [0.25, 0.3) is 0 Å². The summed E-state index contributed by atoms with van der Waals surface area (Å²) in [5.41, 5.74) is 3.50. The normalized spacial score (nSPS) is 15.7. The summed E-state index contributed by atoms with van der Waals surface area (Å²) in [5, 5.41) is 4.65. The molecule has 0 aromatic heterocycles. The van der Waals surface area contributed by atoms with Crippen molar-refractivity contribution in [2.24, 2.45) is 0 Å². The number of hydrogen-bond acceptors (Lipinski definition) is 4. The molecule has 35 heavy (non-hydrogen) atoms. The number of nitrogens with zero attached hydrogens (tertiary/aromatic N) is 1. The molecular weight excluding hydrogens is 483 g/mol. The van der Waals surface area contributed by atoms with Gasteiger partial charge >= 0.3 is 6.09 Å². The number of nitrogens with one attached hydrogen (secondary N) is 1. The lowest BCUT2D eigenvalue weighted by Gasteiger charge is -2.32. The number of ether oxygens (including phenoxy) is 2. The van der Waals surface area contributed by atoms with E-state index in [1.165, 1.54) is 0 Å². The van der Waals surface area contributed by atoms with Crippen LogP contribution in [0.3, 0.4) is 0 Å². The summed E-state index contributed by atoms with van der Waals surface area (Å²) in [4.78, 5) is 15.1. The maximum Gasteiger partial charge on any atom is 0.416 e. The van der Waals surface area contributed by atoms with Gasteiger partial charge in [0.05, 0.1) is 6.04 Å². The van der Waals surface area contributed by atoms with E-state index in [0.29, 0.717) is 40.4 Å². The van der Waals surface area contributed by atoms with Gasteiger partial charge in [0.1, 0.15) is 18.1 Å². The van der Waals surface area contributed by atoms with Crippen molar-refractivity contribution in [3.8, 4) is 11.5 Å². The van der Waals surface area contributed by atoms with Crippen LogP contribution in [0, 0.1) is 0 Å². The number of carbonyl (C=O) groups is 1. The van der Waals surface area contributed by atoms with Crippen LogP contribution in [0.15, 0.2) is 91.7 Å². The monoisotopic (exact) mass is 508 g/mol. The van der Waals surface area contributed by atoms with Gasteiger partial charge in [-0.15, -0.1) is 0 Å².